The topological polar surface area (TPSA) is 41.5 Å². The van der Waals surface area contributed by atoms with E-state index in [4.69, 9.17) is 4.74 Å². The van der Waals surface area contributed by atoms with E-state index in [2.05, 4.69) is 5.32 Å². The van der Waals surface area contributed by atoms with Crippen molar-refractivity contribution in [1.82, 2.24) is 5.32 Å². The van der Waals surface area contributed by atoms with Gasteiger partial charge in [0, 0.05) is 13.7 Å². The highest BCUT2D eigenvalue weighted by Crippen LogP contribution is 2.27. The monoisotopic (exact) mass is 379 g/mol. The number of halogens is 6. The van der Waals surface area contributed by atoms with Crippen LogP contribution < -0.4 is 5.32 Å². The molecule has 1 atom stereocenters. The number of hydrogen-bond donors (Lipinski definition) is 2. The molecule has 0 radical (unpaired) electrons. The summed E-state index contributed by atoms with van der Waals surface area (Å²) in [4.78, 5) is 0. The lowest BCUT2D eigenvalue weighted by Gasteiger charge is -2.22. The summed E-state index contributed by atoms with van der Waals surface area (Å²) in [7, 11) is 1.33. The lowest BCUT2D eigenvalue weighted by Crippen LogP contribution is -2.33. The Kier molecular flexibility index (Phi) is 6.63. The van der Waals surface area contributed by atoms with Crippen molar-refractivity contribution in [2.75, 3.05) is 20.3 Å². The third-order valence-electron chi connectivity index (χ3n) is 3.60. The summed E-state index contributed by atoms with van der Waals surface area (Å²) in [5.41, 5.74) is -0.423. The average molecular weight is 379 g/mol. The highest BCUT2D eigenvalue weighted by Gasteiger charge is 2.22. The maximum atomic E-state index is 13.5. The minimum Gasteiger partial charge on any atom is -0.389 e. The van der Waals surface area contributed by atoms with Gasteiger partial charge in [-0.05, 0) is 35.4 Å². The Morgan fingerprint density at radius 2 is 1.23 bits per heavy atom. The van der Waals surface area contributed by atoms with Crippen molar-refractivity contribution in [3.8, 4) is 0 Å². The molecular weight excluding hydrogens is 364 g/mol. The van der Waals surface area contributed by atoms with Gasteiger partial charge in [-0.3, -0.25) is 0 Å². The Hall–Kier alpha value is -2.10. The van der Waals surface area contributed by atoms with Gasteiger partial charge in [0.1, 0.15) is 0 Å². The summed E-state index contributed by atoms with van der Waals surface area (Å²) in [6, 6.07) is 1.29. The molecule has 2 N–H and O–H groups in total. The molecule has 2 rings (SSSR count). The fourth-order valence-corrected chi connectivity index (χ4v) is 2.42. The number of methoxy groups -OCH3 is 1. The maximum Gasteiger partial charge on any atom is 0.194 e. The molecule has 142 valence electrons. The standard InChI is InChI=1S/C17H15F6NO2/c1-26-7-10(25)6-24-17(8-2-11(18)15(22)12(19)3-8)9-4-13(20)16(23)14(21)5-9/h2-5,10,17,24-25H,6-7H2,1H3. The van der Waals surface area contributed by atoms with E-state index in [0.717, 1.165) is 0 Å². The van der Waals surface area contributed by atoms with Crippen molar-refractivity contribution in [2.24, 2.45) is 0 Å². The summed E-state index contributed by atoms with van der Waals surface area (Å²) in [5.74, 6) is -9.44. The summed E-state index contributed by atoms with van der Waals surface area (Å²) < 4.78 is 85.2. The predicted molar refractivity (Wildman–Crippen MR) is 80.4 cm³/mol. The second-order valence-electron chi connectivity index (χ2n) is 5.55. The molecule has 0 aliphatic carbocycles. The van der Waals surface area contributed by atoms with Crippen LogP contribution in [0.2, 0.25) is 0 Å². The van der Waals surface area contributed by atoms with Crippen LogP contribution in [0.15, 0.2) is 24.3 Å². The van der Waals surface area contributed by atoms with E-state index in [1.54, 1.807) is 0 Å². The number of aliphatic hydroxyl groups is 1. The van der Waals surface area contributed by atoms with Gasteiger partial charge in [0.15, 0.2) is 34.9 Å². The zero-order valence-electron chi connectivity index (χ0n) is 13.5. The molecule has 1 unspecified atom stereocenters. The van der Waals surface area contributed by atoms with Crippen LogP contribution in [0.25, 0.3) is 0 Å². The largest absolute Gasteiger partial charge is 0.389 e. The summed E-state index contributed by atoms with van der Waals surface area (Å²) in [5, 5.41) is 12.3. The quantitative estimate of drug-likeness (QED) is 0.574. The Bertz CT molecular complexity index is 682. The zero-order chi connectivity index (χ0) is 19.4. The van der Waals surface area contributed by atoms with Gasteiger partial charge in [0.25, 0.3) is 0 Å². The van der Waals surface area contributed by atoms with Crippen molar-refractivity contribution in [3.05, 3.63) is 70.3 Å². The van der Waals surface area contributed by atoms with Gasteiger partial charge < -0.3 is 15.2 Å². The molecule has 0 saturated carbocycles. The average Bonchev–Trinajstić information content (AvgIpc) is 2.57. The van der Waals surface area contributed by atoms with E-state index in [1.165, 1.54) is 7.11 Å². The fraction of sp³-hybridized carbons (Fsp3) is 0.294. The Labute approximate surface area is 145 Å². The number of nitrogens with one attached hydrogen (secondary N) is 1. The molecule has 0 saturated heterocycles. The van der Waals surface area contributed by atoms with E-state index in [9.17, 15) is 31.4 Å². The second-order valence-corrected chi connectivity index (χ2v) is 5.55. The molecule has 0 heterocycles. The molecule has 9 heteroatoms. The first kappa shape index (κ1) is 20.2. The first-order chi connectivity index (χ1) is 12.2. The Balaban J connectivity index is 2.45. The molecule has 0 aromatic heterocycles. The van der Waals surface area contributed by atoms with Crippen LogP contribution in [0.3, 0.4) is 0 Å². The molecule has 3 nitrogen and oxygen atoms in total. The second kappa shape index (κ2) is 8.52. The van der Waals surface area contributed by atoms with Crippen molar-refractivity contribution in [1.29, 1.82) is 0 Å². The van der Waals surface area contributed by atoms with Crippen molar-refractivity contribution in [2.45, 2.75) is 12.1 Å². The third kappa shape index (κ3) is 4.54. The summed E-state index contributed by atoms with van der Waals surface area (Å²) >= 11 is 0. The normalized spacial score (nSPS) is 12.7. The smallest absolute Gasteiger partial charge is 0.194 e. The van der Waals surface area contributed by atoms with Crippen LogP contribution in [0.1, 0.15) is 17.2 Å². The van der Waals surface area contributed by atoms with E-state index in [0.29, 0.717) is 24.3 Å². The minimum absolute atomic E-state index is 0.0853. The van der Waals surface area contributed by atoms with Crippen molar-refractivity contribution in [3.63, 3.8) is 0 Å². The van der Waals surface area contributed by atoms with Gasteiger partial charge in [-0.1, -0.05) is 0 Å². The number of ether oxygens (including phenoxy) is 1. The third-order valence-corrected chi connectivity index (χ3v) is 3.60. The van der Waals surface area contributed by atoms with Gasteiger partial charge in [-0.2, -0.15) is 0 Å². The minimum atomic E-state index is -1.71. The molecule has 0 aliphatic heterocycles. The molecule has 2 aromatic rings. The van der Waals surface area contributed by atoms with Crippen LogP contribution in [0.4, 0.5) is 26.3 Å². The van der Waals surface area contributed by atoms with Crippen molar-refractivity contribution < 1.29 is 36.2 Å². The highest BCUT2D eigenvalue weighted by molar-refractivity contribution is 5.34. The maximum absolute atomic E-state index is 13.5. The Morgan fingerprint density at radius 3 is 1.58 bits per heavy atom. The first-order valence-electron chi connectivity index (χ1n) is 7.43. The lowest BCUT2D eigenvalue weighted by atomic mass is 9.97. The fourth-order valence-electron chi connectivity index (χ4n) is 2.42. The number of aliphatic hydroxyl groups excluding tert-OH is 1. The van der Waals surface area contributed by atoms with Gasteiger partial charge >= 0.3 is 0 Å². The molecule has 2 aromatic carbocycles. The summed E-state index contributed by atoms with van der Waals surface area (Å²) in [6.45, 7) is -0.280. The van der Waals surface area contributed by atoms with Gasteiger partial charge in [-0.15, -0.1) is 0 Å². The summed E-state index contributed by atoms with van der Waals surface area (Å²) in [6.07, 6.45) is -1.05. The van der Waals surface area contributed by atoms with Crippen LogP contribution in [0, 0.1) is 34.9 Å². The Morgan fingerprint density at radius 1 is 0.846 bits per heavy atom. The molecule has 0 amide bonds. The van der Waals surface area contributed by atoms with Gasteiger partial charge in [0.05, 0.1) is 18.8 Å². The molecule has 0 bridgehead atoms. The zero-order valence-corrected chi connectivity index (χ0v) is 13.5. The molecule has 26 heavy (non-hydrogen) atoms. The van der Waals surface area contributed by atoms with E-state index >= 15 is 0 Å². The molecule has 0 fully saturated rings. The van der Waals surface area contributed by atoms with E-state index < -0.39 is 47.0 Å². The molecule has 0 aliphatic rings. The SMILES string of the molecule is COCC(O)CNC(c1cc(F)c(F)c(F)c1)c1cc(F)c(F)c(F)c1. The predicted octanol–water partition coefficient (Wildman–Crippen LogP) is 3.21. The van der Waals surface area contributed by atoms with Crippen LogP contribution in [-0.2, 0) is 4.74 Å². The van der Waals surface area contributed by atoms with Crippen LogP contribution in [-0.4, -0.2) is 31.5 Å². The van der Waals surface area contributed by atoms with Crippen LogP contribution in [0.5, 0.6) is 0 Å². The number of benzene rings is 2. The molecular formula is C17H15F6NO2. The van der Waals surface area contributed by atoms with Crippen LogP contribution >= 0.6 is 0 Å². The van der Waals surface area contributed by atoms with E-state index in [-0.39, 0.29) is 24.3 Å². The highest BCUT2D eigenvalue weighted by atomic mass is 19.2. The van der Waals surface area contributed by atoms with E-state index in [1.807, 2.05) is 0 Å². The first-order valence-corrected chi connectivity index (χ1v) is 7.43. The van der Waals surface area contributed by atoms with Gasteiger partial charge in [0.2, 0.25) is 0 Å². The lowest BCUT2D eigenvalue weighted by molar-refractivity contribution is 0.0634. The van der Waals surface area contributed by atoms with Crippen molar-refractivity contribution >= 4 is 0 Å². The number of hydrogen-bond acceptors (Lipinski definition) is 3. The molecule has 0 spiro atoms. The van der Waals surface area contributed by atoms with Gasteiger partial charge in [-0.25, -0.2) is 26.3 Å². The number of rotatable bonds is 7.